The second kappa shape index (κ2) is 6.90. The number of aryl methyl sites for hydroxylation is 1. The number of hydrogen-bond acceptors (Lipinski definition) is 0. The average Bonchev–Trinajstić information content (AvgIpc) is 2.18. The highest BCUT2D eigenvalue weighted by molar-refractivity contribution is 5.71. The van der Waals surface area contributed by atoms with Gasteiger partial charge >= 0.3 is 0 Å². The van der Waals surface area contributed by atoms with E-state index in [4.69, 9.17) is 0 Å². The van der Waals surface area contributed by atoms with Crippen LogP contribution in [0.5, 0.6) is 0 Å². The zero-order valence-electron chi connectivity index (χ0n) is 9.09. The summed E-state index contributed by atoms with van der Waals surface area (Å²) in [6.45, 7) is 14.9. The second-order valence-electron chi connectivity index (χ2n) is 3.01. The van der Waals surface area contributed by atoms with Crippen molar-refractivity contribution in [3.63, 3.8) is 0 Å². The summed E-state index contributed by atoms with van der Waals surface area (Å²) in [4.78, 5) is 0. The third-order valence-corrected chi connectivity index (χ3v) is 1.64. The largest absolute Gasteiger partial charge is 0.103 e. The Morgan fingerprint density at radius 2 is 1.86 bits per heavy atom. The second-order valence-corrected chi connectivity index (χ2v) is 3.01. The van der Waals surface area contributed by atoms with Crippen LogP contribution < -0.4 is 0 Å². The SMILES string of the molecule is C=CC.C=CC(=C)c1cccc(C)c1. The van der Waals surface area contributed by atoms with Gasteiger partial charge in [0.15, 0.2) is 0 Å². The van der Waals surface area contributed by atoms with E-state index >= 15 is 0 Å². The van der Waals surface area contributed by atoms with E-state index in [-0.39, 0.29) is 0 Å². The van der Waals surface area contributed by atoms with Gasteiger partial charge < -0.3 is 0 Å². The molecule has 0 N–H and O–H groups in total. The molecular weight excluding hydrogens is 168 g/mol. The van der Waals surface area contributed by atoms with Crippen molar-refractivity contribution in [1.82, 2.24) is 0 Å². The van der Waals surface area contributed by atoms with Crippen molar-refractivity contribution < 1.29 is 0 Å². The summed E-state index contributed by atoms with van der Waals surface area (Å²) in [6, 6.07) is 8.24. The Kier molecular flexibility index (Phi) is 6.13. The minimum atomic E-state index is 0.980. The fraction of sp³-hybridized carbons (Fsp3) is 0.143. The van der Waals surface area contributed by atoms with E-state index in [0.717, 1.165) is 11.1 Å². The standard InChI is InChI=1S/C11H12.C3H6/c1-4-10(3)11-7-5-6-9(2)8-11;1-3-2/h4-8H,1,3H2,2H3;3H,1H2,2H3. The molecule has 0 spiro atoms. The molecule has 0 aromatic heterocycles. The van der Waals surface area contributed by atoms with Gasteiger partial charge in [-0.1, -0.05) is 55.1 Å². The molecule has 0 aliphatic rings. The minimum Gasteiger partial charge on any atom is -0.103 e. The molecule has 0 atom stereocenters. The predicted molar refractivity (Wildman–Crippen MR) is 66.3 cm³/mol. The maximum atomic E-state index is 3.87. The van der Waals surface area contributed by atoms with Crippen LogP contribution in [0.3, 0.4) is 0 Å². The van der Waals surface area contributed by atoms with Gasteiger partial charge in [0.05, 0.1) is 0 Å². The molecule has 0 saturated carbocycles. The van der Waals surface area contributed by atoms with Gasteiger partial charge in [-0.15, -0.1) is 6.58 Å². The van der Waals surface area contributed by atoms with Crippen LogP contribution in [0.15, 0.2) is 56.2 Å². The van der Waals surface area contributed by atoms with Gasteiger partial charge in [0, 0.05) is 0 Å². The molecule has 0 amide bonds. The lowest BCUT2D eigenvalue weighted by Crippen LogP contribution is -1.79. The first kappa shape index (κ1) is 12.4. The first-order valence-electron chi connectivity index (χ1n) is 4.61. The van der Waals surface area contributed by atoms with Crippen LogP contribution in [-0.4, -0.2) is 0 Å². The predicted octanol–water partition coefficient (Wildman–Crippen LogP) is 4.39. The summed E-state index contributed by atoms with van der Waals surface area (Å²) in [5, 5.41) is 0. The van der Waals surface area contributed by atoms with Crippen LogP contribution in [0.25, 0.3) is 5.57 Å². The Hall–Kier alpha value is -1.56. The van der Waals surface area contributed by atoms with Gasteiger partial charge in [-0.25, -0.2) is 0 Å². The number of hydrogen-bond donors (Lipinski definition) is 0. The minimum absolute atomic E-state index is 0.980. The van der Waals surface area contributed by atoms with Crippen LogP contribution in [-0.2, 0) is 0 Å². The van der Waals surface area contributed by atoms with Crippen molar-refractivity contribution in [2.75, 3.05) is 0 Å². The Morgan fingerprint density at radius 1 is 1.29 bits per heavy atom. The van der Waals surface area contributed by atoms with Crippen LogP contribution >= 0.6 is 0 Å². The highest BCUT2D eigenvalue weighted by Crippen LogP contribution is 2.13. The van der Waals surface area contributed by atoms with E-state index in [1.165, 1.54) is 5.56 Å². The van der Waals surface area contributed by atoms with Crippen molar-refractivity contribution in [1.29, 1.82) is 0 Å². The molecule has 14 heavy (non-hydrogen) atoms. The van der Waals surface area contributed by atoms with Gasteiger partial charge in [0.2, 0.25) is 0 Å². The molecule has 0 fully saturated rings. The fourth-order valence-electron chi connectivity index (χ4n) is 0.963. The van der Waals surface area contributed by atoms with Crippen molar-refractivity contribution in [3.8, 4) is 0 Å². The molecule has 0 heteroatoms. The highest BCUT2D eigenvalue weighted by Gasteiger charge is 1.92. The summed E-state index contributed by atoms with van der Waals surface area (Å²) in [5.41, 5.74) is 3.39. The first-order valence-corrected chi connectivity index (χ1v) is 4.61. The van der Waals surface area contributed by atoms with E-state index in [2.05, 4.69) is 38.8 Å². The smallest absolute Gasteiger partial charge is 0.0188 e. The third-order valence-electron chi connectivity index (χ3n) is 1.64. The molecule has 0 aliphatic heterocycles. The molecule has 0 saturated heterocycles. The lowest BCUT2D eigenvalue weighted by molar-refractivity contribution is 1.45. The summed E-state index contributed by atoms with van der Waals surface area (Å²) in [5.74, 6) is 0. The zero-order valence-corrected chi connectivity index (χ0v) is 9.09. The number of rotatable bonds is 2. The Labute approximate surface area is 87.3 Å². The van der Waals surface area contributed by atoms with Crippen molar-refractivity contribution in [3.05, 3.63) is 67.3 Å². The molecule has 0 heterocycles. The van der Waals surface area contributed by atoms with E-state index in [0.29, 0.717) is 0 Å². The first-order chi connectivity index (χ1) is 6.65. The Bertz CT molecular complexity index is 319. The topological polar surface area (TPSA) is 0 Å². The average molecular weight is 186 g/mol. The van der Waals surface area contributed by atoms with Crippen molar-refractivity contribution in [2.45, 2.75) is 13.8 Å². The van der Waals surface area contributed by atoms with Gasteiger partial charge in [0.25, 0.3) is 0 Å². The van der Waals surface area contributed by atoms with E-state index in [9.17, 15) is 0 Å². The van der Waals surface area contributed by atoms with Gasteiger partial charge in [0.1, 0.15) is 0 Å². The van der Waals surface area contributed by atoms with Gasteiger partial charge in [-0.3, -0.25) is 0 Å². The maximum absolute atomic E-state index is 3.87. The third kappa shape index (κ3) is 4.46. The monoisotopic (exact) mass is 186 g/mol. The maximum Gasteiger partial charge on any atom is -0.0188 e. The molecule has 0 nitrogen and oxygen atoms in total. The number of allylic oxidation sites excluding steroid dienone is 3. The molecule has 0 bridgehead atoms. The lowest BCUT2D eigenvalue weighted by Gasteiger charge is -1.99. The molecule has 1 aromatic rings. The van der Waals surface area contributed by atoms with Crippen LogP contribution in [0, 0.1) is 6.92 Å². The lowest BCUT2D eigenvalue weighted by atomic mass is 10.1. The Balaban J connectivity index is 0.000000500. The van der Waals surface area contributed by atoms with E-state index in [1.54, 1.807) is 12.2 Å². The normalized spacial score (nSPS) is 8.14. The summed E-state index contributed by atoms with van der Waals surface area (Å²) in [7, 11) is 0. The van der Waals surface area contributed by atoms with Crippen molar-refractivity contribution >= 4 is 5.57 Å². The Morgan fingerprint density at radius 3 is 2.29 bits per heavy atom. The summed E-state index contributed by atoms with van der Waals surface area (Å²) < 4.78 is 0. The summed E-state index contributed by atoms with van der Waals surface area (Å²) >= 11 is 0. The van der Waals surface area contributed by atoms with Crippen LogP contribution in [0.4, 0.5) is 0 Å². The fourth-order valence-corrected chi connectivity index (χ4v) is 0.963. The highest BCUT2D eigenvalue weighted by atomic mass is 14.0. The van der Waals surface area contributed by atoms with E-state index in [1.807, 2.05) is 19.1 Å². The van der Waals surface area contributed by atoms with Crippen molar-refractivity contribution in [2.24, 2.45) is 0 Å². The molecule has 0 unspecified atom stereocenters. The molecule has 0 radical (unpaired) electrons. The molecule has 1 rings (SSSR count). The molecule has 0 aliphatic carbocycles. The molecular formula is C14H18. The van der Waals surface area contributed by atoms with Gasteiger partial charge in [-0.05, 0) is 25.0 Å². The summed E-state index contributed by atoms with van der Waals surface area (Å²) in [6.07, 6.45) is 3.52. The molecule has 74 valence electrons. The van der Waals surface area contributed by atoms with E-state index < -0.39 is 0 Å². The quantitative estimate of drug-likeness (QED) is 0.475. The molecule has 1 aromatic carbocycles. The van der Waals surface area contributed by atoms with Crippen LogP contribution in [0.2, 0.25) is 0 Å². The van der Waals surface area contributed by atoms with Gasteiger partial charge in [-0.2, -0.15) is 0 Å². The number of benzene rings is 1. The zero-order chi connectivity index (χ0) is 11.0. The van der Waals surface area contributed by atoms with Crippen LogP contribution in [0.1, 0.15) is 18.1 Å².